The number of aromatic nitrogens is 6. The van der Waals surface area contributed by atoms with Crippen molar-refractivity contribution in [1.29, 1.82) is 0 Å². The molecule has 11 aromatic carbocycles. The van der Waals surface area contributed by atoms with E-state index in [1.165, 1.54) is 65.3 Å². The van der Waals surface area contributed by atoms with Crippen molar-refractivity contribution in [3.8, 4) is 56.7 Å². The lowest BCUT2D eigenvalue weighted by Gasteiger charge is -2.11. The molecule has 0 saturated heterocycles. The third-order valence-corrected chi connectivity index (χ3v) is 15.8. The molecule has 0 spiro atoms. The Balaban J connectivity index is 1.00. The molecule has 360 valence electrons. The highest BCUT2D eigenvalue weighted by molar-refractivity contribution is 6.29. The fraction of sp³-hybridized carbons (Fsp3) is 0.0141. The molecule has 0 N–H and O–H groups in total. The summed E-state index contributed by atoms with van der Waals surface area (Å²) >= 11 is 0. The molecule has 0 radical (unpaired) electrons. The van der Waals surface area contributed by atoms with E-state index in [4.69, 9.17) is 9.97 Å². The van der Waals surface area contributed by atoms with Crippen molar-refractivity contribution in [1.82, 2.24) is 28.2 Å². The summed E-state index contributed by atoms with van der Waals surface area (Å²) in [5.74, 6) is 0.693. The summed E-state index contributed by atoms with van der Waals surface area (Å²) in [6.45, 7) is 2.29. The summed E-state index contributed by atoms with van der Waals surface area (Å²) < 4.78 is 9.89. The minimum Gasteiger partial charge on any atom is -0.309 e. The Morgan fingerprint density at radius 3 is 1.40 bits per heavy atom. The van der Waals surface area contributed by atoms with Crippen molar-refractivity contribution in [2.75, 3.05) is 0 Å². The van der Waals surface area contributed by atoms with Crippen LogP contribution in [0.5, 0.6) is 0 Å². The molecule has 0 atom stereocenters. The third-order valence-electron chi connectivity index (χ3n) is 15.8. The number of hydrogen-bond donors (Lipinski definition) is 0. The van der Waals surface area contributed by atoms with Crippen LogP contribution >= 0.6 is 0 Å². The van der Waals surface area contributed by atoms with Crippen molar-refractivity contribution in [3.05, 3.63) is 266 Å². The average molecular weight is 983 g/mol. The lowest BCUT2D eigenvalue weighted by molar-refractivity contribution is 1.16. The lowest BCUT2D eigenvalue weighted by atomic mass is 10.0. The molecule has 5 aromatic heterocycles. The first-order chi connectivity index (χ1) is 38.1. The summed E-state index contributed by atoms with van der Waals surface area (Å²) in [4.78, 5) is 10.5. The first kappa shape index (κ1) is 43.1. The van der Waals surface area contributed by atoms with E-state index in [2.05, 4.69) is 262 Å². The normalized spacial score (nSPS) is 12.0. The quantitative estimate of drug-likeness (QED) is 0.160. The number of fused-ring (bicyclic) bond motifs is 14. The van der Waals surface area contributed by atoms with Crippen LogP contribution < -0.4 is 0 Å². The van der Waals surface area contributed by atoms with Crippen molar-refractivity contribution >= 4 is 87.2 Å². The minimum atomic E-state index is 0.693. The number of hydrogen-bond acceptors (Lipinski definition) is 2. The van der Waals surface area contributed by atoms with E-state index < -0.39 is 0 Å². The van der Waals surface area contributed by atoms with Crippen LogP contribution in [0.15, 0.2) is 261 Å². The Hall–Kier alpha value is -10.3. The summed E-state index contributed by atoms with van der Waals surface area (Å²) in [5.41, 5.74) is 19.8. The fourth-order valence-electron chi connectivity index (χ4n) is 12.6. The number of para-hydroxylation sites is 5. The van der Waals surface area contributed by atoms with Gasteiger partial charge in [0.2, 0.25) is 0 Å². The molecule has 0 aliphatic carbocycles. The van der Waals surface area contributed by atoms with Gasteiger partial charge in [-0.1, -0.05) is 164 Å². The van der Waals surface area contributed by atoms with Gasteiger partial charge in [-0.3, -0.25) is 0 Å². The summed E-state index contributed by atoms with van der Waals surface area (Å²) in [7, 11) is 0. The molecule has 5 heterocycles. The number of nitrogens with zero attached hydrogens (tertiary/aromatic N) is 6. The van der Waals surface area contributed by atoms with Crippen LogP contribution in [0.4, 0.5) is 0 Å². The fourth-order valence-corrected chi connectivity index (χ4v) is 12.6. The predicted molar refractivity (Wildman–Crippen MR) is 320 cm³/mol. The van der Waals surface area contributed by atoms with E-state index >= 15 is 0 Å². The van der Waals surface area contributed by atoms with Crippen LogP contribution in [0, 0.1) is 6.92 Å². The van der Waals surface area contributed by atoms with Gasteiger partial charge >= 0.3 is 0 Å². The van der Waals surface area contributed by atoms with Crippen molar-refractivity contribution < 1.29 is 0 Å². The molecule has 0 unspecified atom stereocenters. The van der Waals surface area contributed by atoms with Gasteiger partial charge < -0.3 is 18.3 Å². The highest BCUT2D eigenvalue weighted by Gasteiger charge is 2.26. The van der Waals surface area contributed by atoms with E-state index in [1.54, 1.807) is 0 Å². The van der Waals surface area contributed by atoms with Crippen LogP contribution in [0.2, 0.25) is 0 Å². The second-order valence-electron chi connectivity index (χ2n) is 20.2. The Kier molecular flexibility index (Phi) is 9.45. The van der Waals surface area contributed by atoms with Gasteiger partial charge in [0.05, 0.1) is 55.5 Å². The molecular weight excluding hydrogens is 937 g/mol. The van der Waals surface area contributed by atoms with E-state index in [1.807, 2.05) is 24.3 Å². The smallest absolute Gasteiger partial charge is 0.160 e. The number of rotatable bonds is 7. The standard InChI is InChI=1S/C71H46N6/c1-45-41-65-68(56-42-48(35-38-62(56)74(65)49-25-11-4-12-26-49)59-44-58(46-21-7-2-8-22-46)72-71(73-59)47-23-9-3-10-24-47)70-66(45)57-43-52(36-39-63(57)77(70)51-29-15-6-16-30-51)75-61-34-20-18-32-55(61)67-64(75)40-37-54-53-31-17-19-33-60(53)76(69(54)67)50-27-13-5-14-28-50/h2-44H,1H3. The van der Waals surface area contributed by atoms with Gasteiger partial charge in [0.15, 0.2) is 5.82 Å². The summed E-state index contributed by atoms with van der Waals surface area (Å²) in [6.07, 6.45) is 0. The van der Waals surface area contributed by atoms with Crippen LogP contribution in [-0.2, 0) is 0 Å². The van der Waals surface area contributed by atoms with Crippen LogP contribution in [0.1, 0.15) is 5.56 Å². The van der Waals surface area contributed by atoms with E-state index in [-0.39, 0.29) is 0 Å². The topological polar surface area (TPSA) is 45.5 Å². The Morgan fingerprint density at radius 2 is 0.727 bits per heavy atom. The molecule has 77 heavy (non-hydrogen) atoms. The first-order valence-corrected chi connectivity index (χ1v) is 26.3. The molecule has 0 aliphatic heterocycles. The molecule has 0 saturated carbocycles. The molecule has 0 fully saturated rings. The zero-order chi connectivity index (χ0) is 50.7. The molecule has 0 bridgehead atoms. The Bertz CT molecular complexity index is 4950. The van der Waals surface area contributed by atoms with Gasteiger partial charge in [0.1, 0.15) is 0 Å². The highest BCUT2D eigenvalue weighted by Crippen LogP contribution is 2.47. The van der Waals surface area contributed by atoms with Gasteiger partial charge in [0.25, 0.3) is 0 Å². The molecule has 6 nitrogen and oxygen atoms in total. The average Bonchev–Trinajstić information content (AvgIpc) is 4.32. The monoisotopic (exact) mass is 982 g/mol. The van der Waals surface area contributed by atoms with Gasteiger partial charge in [-0.05, 0) is 110 Å². The Labute approximate surface area is 443 Å². The maximum absolute atomic E-state index is 5.33. The third kappa shape index (κ3) is 6.49. The maximum atomic E-state index is 5.33. The maximum Gasteiger partial charge on any atom is 0.160 e. The molecule has 0 amide bonds. The summed E-state index contributed by atoms with van der Waals surface area (Å²) in [5, 5.41) is 9.69. The highest BCUT2D eigenvalue weighted by atomic mass is 15.0. The first-order valence-electron chi connectivity index (χ1n) is 26.3. The number of aryl methyl sites for hydroxylation is 1. The van der Waals surface area contributed by atoms with Crippen molar-refractivity contribution in [2.24, 2.45) is 0 Å². The van der Waals surface area contributed by atoms with Gasteiger partial charge in [-0.25, -0.2) is 9.97 Å². The van der Waals surface area contributed by atoms with Gasteiger partial charge in [-0.15, -0.1) is 0 Å². The molecule has 16 rings (SSSR count). The molecule has 6 heteroatoms. The SMILES string of the molecule is Cc1cc2c(c3cc(-c4cc(-c5ccccc5)nc(-c5ccccc5)n4)ccc3n2-c2ccccc2)c2c1c1cc(-n3c4ccccc4c4c3ccc3c5ccccc5n(-c5ccccc5)c34)ccc1n2-c1ccccc1. The van der Waals surface area contributed by atoms with Gasteiger partial charge in [0, 0.05) is 82.5 Å². The number of benzene rings is 11. The van der Waals surface area contributed by atoms with E-state index in [0.717, 1.165) is 78.3 Å². The second kappa shape index (κ2) is 16.9. The van der Waals surface area contributed by atoms with E-state index in [9.17, 15) is 0 Å². The van der Waals surface area contributed by atoms with Crippen molar-refractivity contribution in [3.63, 3.8) is 0 Å². The Morgan fingerprint density at radius 1 is 0.260 bits per heavy atom. The zero-order valence-electron chi connectivity index (χ0n) is 42.0. The zero-order valence-corrected chi connectivity index (χ0v) is 42.0. The van der Waals surface area contributed by atoms with Crippen LogP contribution in [0.25, 0.3) is 144 Å². The van der Waals surface area contributed by atoms with E-state index in [0.29, 0.717) is 5.82 Å². The molecule has 0 aliphatic rings. The lowest BCUT2D eigenvalue weighted by Crippen LogP contribution is -1.96. The second-order valence-corrected chi connectivity index (χ2v) is 20.2. The van der Waals surface area contributed by atoms with Crippen molar-refractivity contribution in [2.45, 2.75) is 6.92 Å². The molecule has 16 aromatic rings. The van der Waals surface area contributed by atoms with Gasteiger partial charge in [-0.2, -0.15) is 0 Å². The minimum absolute atomic E-state index is 0.693. The predicted octanol–water partition coefficient (Wildman–Crippen LogP) is 18.2. The van der Waals surface area contributed by atoms with Crippen LogP contribution in [0.3, 0.4) is 0 Å². The van der Waals surface area contributed by atoms with Crippen LogP contribution in [-0.4, -0.2) is 28.2 Å². The molecular formula is C71H46N6. The summed E-state index contributed by atoms with van der Waals surface area (Å²) in [6, 6.07) is 94.2. The largest absolute Gasteiger partial charge is 0.309 e.